The third-order valence-corrected chi connectivity index (χ3v) is 13.2. The molecule has 404 valence electrons. The molecule has 17 nitrogen and oxygen atoms in total. The minimum atomic E-state index is -1.29. The van der Waals surface area contributed by atoms with Crippen LogP contribution >= 0.6 is 12.4 Å². The highest BCUT2D eigenvalue weighted by atomic mass is 35.5. The van der Waals surface area contributed by atoms with Crippen molar-refractivity contribution < 1.29 is 60.8 Å². The number of piperidine rings is 2. The van der Waals surface area contributed by atoms with Crippen LogP contribution in [-0.2, 0) is 54.7 Å². The number of carbonyl (C=O) groups is 4. The molecule has 4 aromatic rings. The lowest BCUT2D eigenvalue weighted by Gasteiger charge is -2.36. The second-order valence-electron chi connectivity index (χ2n) is 18.7. The molecule has 4 fully saturated rings. The van der Waals surface area contributed by atoms with Gasteiger partial charge in [-0.05, 0) is 63.2 Å². The fourth-order valence-corrected chi connectivity index (χ4v) is 8.76. The second kappa shape index (κ2) is 30.4. The first-order chi connectivity index (χ1) is 35.3. The average molecular weight is 1060 g/mol. The van der Waals surface area contributed by atoms with E-state index in [1.54, 1.807) is 39.0 Å². The second-order valence-corrected chi connectivity index (χ2v) is 18.7. The number of nitrogens with zero attached hydrogens (tertiary/aromatic N) is 7. The maximum absolute atomic E-state index is 14.5. The van der Waals surface area contributed by atoms with Gasteiger partial charge < -0.3 is 53.7 Å². The van der Waals surface area contributed by atoms with Crippen molar-refractivity contribution in [2.24, 2.45) is 23.7 Å². The first kappa shape index (κ1) is 58.9. The predicted octanol–water partition coefficient (Wildman–Crippen LogP) is 6.61. The van der Waals surface area contributed by atoms with Crippen LogP contribution in [0.1, 0.15) is 73.6 Å². The molecule has 6 heterocycles. The third kappa shape index (κ3) is 18.1. The van der Waals surface area contributed by atoms with E-state index in [1.807, 2.05) is 0 Å². The summed E-state index contributed by atoms with van der Waals surface area (Å²) in [7, 11) is 3.28. The summed E-state index contributed by atoms with van der Waals surface area (Å²) in [5.41, 5.74) is 1.16. The van der Waals surface area contributed by atoms with Gasteiger partial charge in [-0.2, -0.15) is 0 Å². The molecule has 0 saturated carbocycles. The van der Waals surface area contributed by atoms with E-state index in [1.165, 1.54) is 4.90 Å². The molecule has 4 aliphatic heterocycles. The van der Waals surface area contributed by atoms with Gasteiger partial charge in [-0.1, -0.05) is 0 Å². The van der Waals surface area contributed by atoms with Gasteiger partial charge in [0.15, 0.2) is 0 Å². The van der Waals surface area contributed by atoms with Crippen LogP contribution in [0.3, 0.4) is 0 Å². The Labute approximate surface area is 435 Å². The van der Waals surface area contributed by atoms with Crippen molar-refractivity contribution in [1.82, 2.24) is 30.2 Å². The molecule has 2 aromatic heterocycles. The van der Waals surface area contributed by atoms with E-state index in [0.29, 0.717) is 57.3 Å². The Bertz CT molecular complexity index is 2340. The molecule has 0 atom stereocenters. The lowest BCUT2D eigenvalue weighted by molar-refractivity contribution is -0.139. The Morgan fingerprint density at radius 3 is 1.36 bits per heavy atom. The van der Waals surface area contributed by atoms with Crippen LogP contribution in [0.25, 0.3) is 0 Å². The number of aromatic nitrogens is 4. The van der Waals surface area contributed by atoms with Crippen LogP contribution in [0.4, 0.5) is 29.5 Å². The van der Waals surface area contributed by atoms with Crippen LogP contribution in [0.5, 0.6) is 11.5 Å². The van der Waals surface area contributed by atoms with Gasteiger partial charge in [-0.25, -0.2) is 37.5 Å². The number of ether oxygens (including phenoxy) is 4. The lowest BCUT2D eigenvalue weighted by Crippen LogP contribution is -2.51. The monoisotopic (exact) mass is 1060 g/mol. The predicted molar refractivity (Wildman–Crippen MR) is 268 cm³/mol. The van der Waals surface area contributed by atoms with Crippen LogP contribution in [-0.4, -0.2) is 134 Å². The van der Waals surface area contributed by atoms with Crippen molar-refractivity contribution in [2.45, 2.75) is 77.4 Å². The van der Waals surface area contributed by atoms with Crippen LogP contribution in [0, 0.1) is 46.9 Å². The molecule has 1 amide bonds. The van der Waals surface area contributed by atoms with Gasteiger partial charge in [0.25, 0.3) is 0 Å². The Balaban J connectivity index is 0.000000245. The highest BCUT2D eigenvalue weighted by Gasteiger charge is 2.31. The van der Waals surface area contributed by atoms with E-state index in [2.05, 4.69) is 35.1 Å². The summed E-state index contributed by atoms with van der Waals surface area (Å²) in [6, 6.07) is 4.34. The lowest BCUT2D eigenvalue weighted by atomic mass is 9.92. The molecular formula is C52H67ClF4N8O9. The quantitative estimate of drug-likeness (QED) is 0.0484. The summed E-state index contributed by atoms with van der Waals surface area (Å²) in [5.74, 6) is -2.15. The van der Waals surface area contributed by atoms with E-state index in [0.717, 1.165) is 150 Å². The number of carbonyl (C=O) groups excluding carboxylic acids is 3. The van der Waals surface area contributed by atoms with E-state index in [9.17, 15) is 36.7 Å². The summed E-state index contributed by atoms with van der Waals surface area (Å²) in [6.45, 7) is 7.65. The SMILES string of the molecule is COCc1cnc(N2CCC(CCCOc3cc(F)c(CC(=O)N4CC(C=O)C4)c(F)c3)CC2)nc1.COCc1cnc(N2CCC(CCCOc3cc(F)c(CC(=O)O)c(F)c3)CC2)nc1.Cl.O=CC1CNC1. The number of rotatable bonds is 22. The van der Waals surface area contributed by atoms with Gasteiger partial charge in [0, 0.05) is 150 Å². The number of halogens is 5. The number of aliphatic carboxylic acids is 1. The molecular weight excluding hydrogens is 992 g/mol. The summed E-state index contributed by atoms with van der Waals surface area (Å²) < 4.78 is 78.0. The zero-order valence-electron chi connectivity index (χ0n) is 41.9. The average Bonchev–Trinajstić information content (AvgIpc) is 3.35. The van der Waals surface area contributed by atoms with Gasteiger partial charge >= 0.3 is 5.97 Å². The highest BCUT2D eigenvalue weighted by molar-refractivity contribution is 5.85. The van der Waals surface area contributed by atoms with Gasteiger partial charge in [-0.15, -0.1) is 12.4 Å². The Kier molecular flexibility index (Phi) is 24.2. The number of hydrogen-bond acceptors (Lipinski definition) is 15. The maximum Gasteiger partial charge on any atom is 0.308 e. The number of anilines is 2. The van der Waals surface area contributed by atoms with Crippen LogP contribution in [0.15, 0.2) is 49.1 Å². The fourth-order valence-electron chi connectivity index (χ4n) is 8.76. The molecule has 4 aliphatic rings. The van der Waals surface area contributed by atoms with Crippen molar-refractivity contribution in [3.05, 3.63) is 94.6 Å². The number of carboxylic acid groups (broad SMARTS) is 1. The number of likely N-dealkylation sites (tertiary alicyclic amines) is 1. The summed E-state index contributed by atoms with van der Waals surface area (Å²) in [4.78, 5) is 66.7. The van der Waals surface area contributed by atoms with Crippen molar-refractivity contribution >= 4 is 48.8 Å². The first-order valence-corrected chi connectivity index (χ1v) is 24.8. The number of carboxylic acids is 1. The molecule has 0 spiro atoms. The van der Waals surface area contributed by atoms with Crippen molar-refractivity contribution in [1.29, 1.82) is 0 Å². The topological polar surface area (TPSA) is 199 Å². The van der Waals surface area contributed by atoms with Gasteiger partial charge in [0.05, 0.1) is 39.3 Å². The molecule has 4 saturated heterocycles. The van der Waals surface area contributed by atoms with E-state index >= 15 is 0 Å². The standard InChI is InChI=1S/C26H32F2N4O4.C22H27F2N3O4.C4H7NO.ClH/c1-35-17-19-12-29-26(30-13-19)31-6-4-18(5-7-31)3-2-8-36-21-9-23(27)22(24(28)10-21)11-25(34)32-14-20(15-32)16-33;1-30-14-16-12-25-22(26-13-16)27-6-4-15(5-7-27)3-2-8-31-17-9-19(23)18(11-21(28)29)20(24)10-17;6-3-4-1-5-2-4;/h9-10,12-13,16,18,20H,2-8,11,14-15,17H2,1H3;9-10,12-13,15H,2-8,11,14H2,1H3,(H,28,29);3-5H,1-2H2;1H. The minimum Gasteiger partial charge on any atom is -0.493 e. The minimum absolute atomic E-state index is 0. The molecule has 8 rings (SSSR count). The number of amides is 1. The van der Waals surface area contributed by atoms with Gasteiger partial charge in [-0.3, -0.25) is 9.59 Å². The summed E-state index contributed by atoms with van der Waals surface area (Å²) in [5, 5.41) is 11.7. The number of aldehydes is 2. The summed E-state index contributed by atoms with van der Waals surface area (Å²) >= 11 is 0. The first-order valence-electron chi connectivity index (χ1n) is 24.8. The Hall–Kier alpha value is -6.03. The summed E-state index contributed by atoms with van der Waals surface area (Å²) in [6.07, 6.45) is 15.5. The van der Waals surface area contributed by atoms with Gasteiger partial charge in [0.1, 0.15) is 47.3 Å². The largest absolute Gasteiger partial charge is 0.493 e. The van der Waals surface area contributed by atoms with E-state index < -0.39 is 41.2 Å². The molecule has 0 unspecified atom stereocenters. The smallest absolute Gasteiger partial charge is 0.308 e. The number of hydrogen-bond donors (Lipinski definition) is 2. The molecule has 2 aromatic carbocycles. The number of benzene rings is 2. The zero-order chi connectivity index (χ0) is 52.1. The van der Waals surface area contributed by atoms with E-state index in [4.69, 9.17) is 24.1 Å². The fraction of sp³-hybridized carbons (Fsp3) is 0.538. The number of methoxy groups -OCH3 is 2. The Morgan fingerprint density at radius 1 is 0.649 bits per heavy atom. The van der Waals surface area contributed by atoms with Crippen LogP contribution in [0.2, 0.25) is 0 Å². The van der Waals surface area contributed by atoms with E-state index in [-0.39, 0.29) is 47.7 Å². The van der Waals surface area contributed by atoms with Gasteiger partial charge in [0.2, 0.25) is 17.8 Å². The maximum atomic E-state index is 14.5. The highest BCUT2D eigenvalue weighted by Crippen LogP contribution is 2.28. The normalized spacial score (nSPS) is 16.1. The Morgan fingerprint density at radius 2 is 1.04 bits per heavy atom. The molecule has 0 radical (unpaired) electrons. The van der Waals surface area contributed by atoms with Crippen molar-refractivity contribution in [2.75, 3.05) is 89.6 Å². The molecule has 2 N–H and O–H groups in total. The molecule has 22 heteroatoms. The molecule has 0 aliphatic carbocycles. The van der Waals surface area contributed by atoms with Crippen LogP contribution < -0.4 is 24.6 Å². The number of nitrogens with one attached hydrogen (secondary N) is 1. The van der Waals surface area contributed by atoms with Crippen molar-refractivity contribution in [3.63, 3.8) is 0 Å². The third-order valence-electron chi connectivity index (χ3n) is 13.2. The molecule has 74 heavy (non-hydrogen) atoms. The van der Waals surface area contributed by atoms with Crippen molar-refractivity contribution in [3.8, 4) is 11.5 Å². The molecule has 0 bridgehead atoms. The zero-order valence-corrected chi connectivity index (χ0v) is 42.7.